The molecular formula is C24H26INO6S. The van der Waals surface area contributed by atoms with Gasteiger partial charge in [-0.25, -0.2) is 0 Å². The van der Waals surface area contributed by atoms with E-state index in [1.165, 1.54) is 4.90 Å². The third kappa shape index (κ3) is 6.35. The van der Waals surface area contributed by atoms with Crippen LogP contribution in [0.4, 0.5) is 4.79 Å². The van der Waals surface area contributed by atoms with E-state index in [2.05, 4.69) is 22.6 Å². The van der Waals surface area contributed by atoms with Crippen molar-refractivity contribution in [1.29, 1.82) is 0 Å². The maximum absolute atomic E-state index is 12.9. The zero-order chi connectivity index (χ0) is 23.8. The molecule has 1 fully saturated rings. The lowest BCUT2D eigenvalue weighted by Gasteiger charge is -2.15. The van der Waals surface area contributed by atoms with Crippen molar-refractivity contribution in [3.8, 4) is 23.0 Å². The number of benzene rings is 2. The Bertz CT molecular complexity index is 1040. The van der Waals surface area contributed by atoms with Crippen molar-refractivity contribution < 1.29 is 28.5 Å². The number of carbonyl (C=O) groups excluding carboxylic acids is 2. The van der Waals surface area contributed by atoms with Crippen LogP contribution >= 0.6 is 34.4 Å². The molecule has 1 aliphatic rings. The quantitative estimate of drug-likeness (QED) is 0.252. The second kappa shape index (κ2) is 12.2. The van der Waals surface area contributed by atoms with Gasteiger partial charge in [0.1, 0.15) is 6.61 Å². The molecule has 0 radical (unpaired) electrons. The second-order valence-corrected chi connectivity index (χ2v) is 9.10. The number of hydrogen-bond acceptors (Lipinski definition) is 7. The number of thioether (sulfide) groups is 1. The highest BCUT2D eigenvalue weighted by atomic mass is 127. The van der Waals surface area contributed by atoms with Crippen molar-refractivity contribution in [1.82, 2.24) is 4.90 Å². The molecule has 3 rings (SSSR count). The van der Waals surface area contributed by atoms with Crippen LogP contribution in [0.3, 0.4) is 0 Å². The molecule has 2 aromatic carbocycles. The average Bonchev–Trinajstić information content (AvgIpc) is 3.06. The Kier molecular flexibility index (Phi) is 9.30. The molecular weight excluding hydrogens is 557 g/mol. The van der Waals surface area contributed by atoms with E-state index in [1.807, 2.05) is 38.1 Å². The number of halogens is 1. The minimum Gasteiger partial charge on any atom is -0.493 e. The Morgan fingerprint density at radius 1 is 1.00 bits per heavy atom. The minimum absolute atomic E-state index is 0.144. The molecule has 0 bridgehead atoms. The van der Waals surface area contributed by atoms with Gasteiger partial charge in [-0.15, -0.1) is 0 Å². The largest absolute Gasteiger partial charge is 0.493 e. The van der Waals surface area contributed by atoms with E-state index in [0.717, 1.165) is 27.3 Å². The van der Waals surface area contributed by atoms with Gasteiger partial charge >= 0.3 is 0 Å². The number of amides is 2. The molecule has 0 aromatic heterocycles. The SMILES string of the molecule is CCCOc1c(I)cc(/C=C2\SC(=O)N(CCOc3ccccc3OC)C2=O)cc1OCC. The van der Waals surface area contributed by atoms with Crippen LogP contribution in [-0.2, 0) is 4.79 Å². The van der Waals surface area contributed by atoms with Gasteiger partial charge in [-0.05, 0) is 83.6 Å². The van der Waals surface area contributed by atoms with Gasteiger partial charge in [-0.2, -0.15) is 0 Å². The summed E-state index contributed by atoms with van der Waals surface area (Å²) in [7, 11) is 1.56. The van der Waals surface area contributed by atoms with Gasteiger partial charge in [0.15, 0.2) is 23.0 Å². The van der Waals surface area contributed by atoms with Crippen LogP contribution in [0, 0.1) is 3.57 Å². The Morgan fingerprint density at radius 3 is 2.45 bits per heavy atom. The van der Waals surface area contributed by atoms with Crippen molar-refractivity contribution in [2.75, 3.05) is 33.5 Å². The molecule has 0 unspecified atom stereocenters. The first-order valence-electron chi connectivity index (χ1n) is 10.6. The minimum atomic E-state index is -0.340. The average molecular weight is 583 g/mol. The highest BCUT2D eigenvalue weighted by molar-refractivity contribution is 14.1. The Balaban J connectivity index is 1.72. The molecule has 1 saturated heterocycles. The van der Waals surface area contributed by atoms with Crippen LogP contribution < -0.4 is 18.9 Å². The van der Waals surface area contributed by atoms with Crippen molar-refractivity contribution in [2.45, 2.75) is 20.3 Å². The molecule has 1 aliphatic heterocycles. The van der Waals surface area contributed by atoms with E-state index < -0.39 is 0 Å². The van der Waals surface area contributed by atoms with Crippen LogP contribution in [0.1, 0.15) is 25.8 Å². The molecule has 1 heterocycles. The van der Waals surface area contributed by atoms with E-state index in [9.17, 15) is 9.59 Å². The van der Waals surface area contributed by atoms with Crippen molar-refractivity contribution in [3.05, 3.63) is 50.4 Å². The van der Waals surface area contributed by atoms with E-state index in [0.29, 0.717) is 41.1 Å². The number of para-hydroxylation sites is 2. The van der Waals surface area contributed by atoms with Gasteiger partial charge in [0.25, 0.3) is 11.1 Å². The predicted octanol–water partition coefficient (Wildman–Crippen LogP) is 5.60. The fourth-order valence-electron chi connectivity index (χ4n) is 3.11. The zero-order valence-corrected chi connectivity index (χ0v) is 21.7. The van der Waals surface area contributed by atoms with Crippen molar-refractivity contribution >= 4 is 51.6 Å². The maximum atomic E-state index is 12.9. The van der Waals surface area contributed by atoms with Gasteiger partial charge in [-0.3, -0.25) is 14.5 Å². The first kappa shape index (κ1) is 25.2. The second-order valence-electron chi connectivity index (χ2n) is 6.94. The van der Waals surface area contributed by atoms with E-state index >= 15 is 0 Å². The fraction of sp³-hybridized carbons (Fsp3) is 0.333. The number of hydrogen-bond donors (Lipinski definition) is 0. The summed E-state index contributed by atoms with van der Waals surface area (Å²) < 4.78 is 23.4. The molecule has 0 spiro atoms. The lowest BCUT2D eigenvalue weighted by atomic mass is 10.2. The van der Waals surface area contributed by atoms with E-state index in [4.69, 9.17) is 18.9 Å². The van der Waals surface area contributed by atoms with E-state index in [1.54, 1.807) is 25.3 Å². The molecule has 176 valence electrons. The summed E-state index contributed by atoms with van der Waals surface area (Å²) in [6.45, 7) is 5.34. The van der Waals surface area contributed by atoms with Gasteiger partial charge in [0, 0.05) is 0 Å². The van der Waals surface area contributed by atoms with Crippen molar-refractivity contribution in [3.63, 3.8) is 0 Å². The number of ether oxygens (including phenoxy) is 4. The normalized spacial score (nSPS) is 14.7. The lowest BCUT2D eigenvalue weighted by molar-refractivity contribution is -0.123. The number of imide groups is 1. The number of methoxy groups -OCH3 is 1. The topological polar surface area (TPSA) is 74.3 Å². The summed E-state index contributed by atoms with van der Waals surface area (Å²) in [5.41, 5.74) is 0.766. The highest BCUT2D eigenvalue weighted by Crippen LogP contribution is 2.37. The standard InChI is InChI=1S/C24H26INO6S/c1-4-11-32-22-17(25)13-16(14-20(22)30-5-2)15-21-23(27)26(24(28)33-21)10-12-31-19-9-7-6-8-18(19)29-3/h6-9,13-15H,4-5,10-12H2,1-3H3/b21-15-. The Labute approximate surface area is 211 Å². The monoisotopic (exact) mass is 583 g/mol. The lowest BCUT2D eigenvalue weighted by Crippen LogP contribution is -2.32. The van der Waals surface area contributed by atoms with Gasteiger partial charge in [-0.1, -0.05) is 19.1 Å². The molecule has 0 aliphatic carbocycles. The first-order valence-corrected chi connectivity index (χ1v) is 12.5. The van der Waals surface area contributed by atoms with Crippen molar-refractivity contribution in [2.24, 2.45) is 0 Å². The Hall–Kier alpha value is -2.40. The number of nitrogens with zero attached hydrogens (tertiary/aromatic N) is 1. The van der Waals surface area contributed by atoms with Crippen LogP contribution in [0.25, 0.3) is 6.08 Å². The summed E-state index contributed by atoms with van der Waals surface area (Å²) in [6.07, 6.45) is 2.59. The van der Waals surface area contributed by atoms with Crippen LogP contribution in [0.2, 0.25) is 0 Å². The molecule has 0 saturated carbocycles. The molecule has 2 amide bonds. The zero-order valence-electron chi connectivity index (χ0n) is 18.8. The van der Waals surface area contributed by atoms with Crippen LogP contribution in [0.15, 0.2) is 41.3 Å². The summed E-state index contributed by atoms with van der Waals surface area (Å²) >= 11 is 3.11. The third-order valence-corrected chi connectivity index (χ3v) is 6.30. The Morgan fingerprint density at radius 2 is 1.76 bits per heavy atom. The third-order valence-electron chi connectivity index (χ3n) is 4.60. The number of carbonyl (C=O) groups is 2. The van der Waals surface area contributed by atoms with Crippen LogP contribution in [0.5, 0.6) is 23.0 Å². The number of rotatable bonds is 11. The summed E-state index contributed by atoms with van der Waals surface area (Å²) in [4.78, 5) is 26.9. The highest BCUT2D eigenvalue weighted by Gasteiger charge is 2.35. The summed E-state index contributed by atoms with van der Waals surface area (Å²) in [5, 5.41) is -0.322. The van der Waals surface area contributed by atoms with Gasteiger partial charge < -0.3 is 18.9 Å². The maximum Gasteiger partial charge on any atom is 0.293 e. The predicted molar refractivity (Wildman–Crippen MR) is 137 cm³/mol. The van der Waals surface area contributed by atoms with Gasteiger partial charge in [0.05, 0.1) is 35.3 Å². The van der Waals surface area contributed by atoms with Gasteiger partial charge in [0.2, 0.25) is 0 Å². The van der Waals surface area contributed by atoms with Crippen LogP contribution in [-0.4, -0.2) is 49.5 Å². The molecule has 2 aromatic rings. The van der Waals surface area contributed by atoms with E-state index in [-0.39, 0.29) is 24.3 Å². The smallest absolute Gasteiger partial charge is 0.293 e. The first-order chi connectivity index (χ1) is 16.0. The molecule has 33 heavy (non-hydrogen) atoms. The molecule has 7 nitrogen and oxygen atoms in total. The summed E-state index contributed by atoms with van der Waals surface area (Å²) in [6, 6.07) is 11.0. The fourth-order valence-corrected chi connectivity index (χ4v) is 4.75. The molecule has 0 N–H and O–H groups in total. The molecule has 9 heteroatoms. The summed E-state index contributed by atoms with van der Waals surface area (Å²) in [5.74, 6) is 2.13. The molecule has 0 atom stereocenters.